The van der Waals surface area contributed by atoms with Crippen LogP contribution in [0, 0.1) is 0 Å². The Labute approximate surface area is 148 Å². The summed E-state index contributed by atoms with van der Waals surface area (Å²) in [4.78, 5) is 13.8. The lowest BCUT2D eigenvalue weighted by atomic mass is 9.84. The van der Waals surface area contributed by atoms with Crippen LogP contribution in [0.1, 0.15) is 28.8 Å². The molecule has 1 amide bonds. The highest BCUT2D eigenvalue weighted by atomic mass is 16.3. The van der Waals surface area contributed by atoms with E-state index in [1.165, 1.54) is 0 Å². The third kappa shape index (κ3) is 4.18. The van der Waals surface area contributed by atoms with Crippen LogP contribution in [0.25, 0.3) is 0 Å². The van der Waals surface area contributed by atoms with E-state index in [0.29, 0.717) is 5.56 Å². The number of hydrogen-bond acceptors (Lipinski definition) is 4. The molecule has 0 bridgehead atoms. The van der Waals surface area contributed by atoms with Crippen LogP contribution >= 0.6 is 0 Å². The van der Waals surface area contributed by atoms with E-state index >= 15 is 0 Å². The highest BCUT2D eigenvalue weighted by Crippen LogP contribution is 2.32. The van der Waals surface area contributed by atoms with Crippen molar-refractivity contribution in [3.63, 3.8) is 0 Å². The molecule has 3 rings (SSSR count). The van der Waals surface area contributed by atoms with Gasteiger partial charge < -0.3 is 21.1 Å². The fourth-order valence-corrected chi connectivity index (χ4v) is 3.38. The SMILES string of the molecule is NC(=O)c1ccccc1NCCN1CCC(O)(c2ccccc2)CC1. The first-order valence-corrected chi connectivity index (χ1v) is 8.71. The average Bonchev–Trinajstić information content (AvgIpc) is 2.64. The summed E-state index contributed by atoms with van der Waals surface area (Å²) in [6, 6.07) is 17.2. The van der Waals surface area contributed by atoms with Crippen molar-refractivity contribution >= 4 is 11.6 Å². The lowest BCUT2D eigenvalue weighted by Gasteiger charge is -2.38. The molecule has 0 spiro atoms. The first-order valence-electron chi connectivity index (χ1n) is 8.71. The molecular weight excluding hydrogens is 314 g/mol. The number of likely N-dealkylation sites (tertiary alicyclic amines) is 1. The number of anilines is 1. The van der Waals surface area contributed by atoms with Gasteiger partial charge in [0.1, 0.15) is 0 Å². The Morgan fingerprint density at radius 3 is 2.40 bits per heavy atom. The van der Waals surface area contributed by atoms with Gasteiger partial charge in [0.25, 0.3) is 5.91 Å². The molecule has 1 heterocycles. The second-order valence-corrected chi connectivity index (χ2v) is 6.58. The van der Waals surface area contributed by atoms with Gasteiger partial charge in [0, 0.05) is 31.9 Å². The number of piperidine rings is 1. The number of benzene rings is 2. The van der Waals surface area contributed by atoms with Gasteiger partial charge in [0.2, 0.25) is 0 Å². The van der Waals surface area contributed by atoms with Crippen LogP contribution in [-0.4, -0.2) is 42.1 Å². The standard InChI is InChI=1S/C20H25N3O2/c21-19(24)17-8-4-5-9-18(17)22-12-15-23-13-10-20(25,11-14-23)16-6-2-1-3-7-16/h1-9,22,25H,10-15H2,(H2,21,24). The summed E-state index contributed by atoms with van der Waals surface area (Å²) in [5, 5.41) is 14.2. The molecule has 5 heteroatoms. The van der Waals surface area contributed by atoms with Crippen LogP contribution in [0.3, 0.4) is 0 Å². The number of primary amides is 1. The molecule has 0 aliphatic carbocycles. The molecule has 0 atom stereocenters. The normalized spacial score (nSPS) is 17.2. The molecule has 0 aromatic heterocycles. The first kappa shape index (κ1) is 17.5. The number of nitrogens with two attached hydrogens (primary N) is 1. The van der Waals surface area contributed by atoms with Crippen molar-refractivity contribution in [3.8, 4) is 0 Å². The summed E-state index contributed by atoms with van der Waals surface area (Å²) in [6.45, 7) is 3.29. The van der Waals surface area contributed by atoms with Gasteiger partial charge in [0.05, 0.1) is 11.2 Å². The maximum absolute atomic E-state index is 11.4. The predicted octanol–water partition coefficient (Wildman–Crippen LogP) is 2.18. The summed E-state index contributed by atoms with van der Waals surface area (Å²) < 4.78 is 0. The lowest BCUT2D eigenvalue weighted by molar-refractivity contribution is -0.0249. The zero-order valence-electron chi connectivity index (χ0n) is 14.3. The Morgan fingerprint density at radius 2 is 1.72 bits per heavy atom. The van der Waals surface area contributed by atoms with Gasteiger partial charge in [-0.1, -0.05) is 42.5 Å². The molecule has 0 saturated carbocycles. The quantitative estimate of drug-likeness (QED) is 0.754. The summed E-state index contributed by atoms with van der Waals surface area (Å²) in [6.07, 6.45) is 1.46. The summed E-state index contributed by atoms with van der Waals surface area (Å²) >= 11 is 0. The summed E-state index contributed by atoms with van der Waals surface area (Å²) in [7, 11) is 0. The monoisotopic (exact) mass is 339 g/mol. The van der Waals surface area contributed by atoms with Gasteiger partial charge in [-0.15, -0.1) is 0 Å². The zero-order chi connectivity index (χ0) is 17.7. The molecule has 1 aliphatic heterocycles. The van der Waals surface area contributed by atoms with Gasteiger partial charge in [-0.05, 0) is 30.5 Å². The average molecular weight is 339 g/mol. The lowest BCUT2D eigenvalue weighted by Crippen LogP contribution is -2.44. The molecule has 0 radical (unpaired) electrons. The molecule has 25 heavy (non-hydrogen) atoms. The number of carbonyl (C=O) groups excluding carboxylic acids is 1. The molecule has 1 aliphatic rings. The highest BCUT2D eigenvalue weighted by Gasteiger charge is 2.33. The second kappa shape index (κ2) is 7.68. The van der Waals surface area contributed by atoms with Crippen molar-refractivity contribution < 1.29 is 9.90 Å². The predicted molar refractivity (Wildman–Crippen MR) is 99.5 cm³/mol. The molecule has 4 N–H and O–H groups in total. The molecule has 5 nitrogen and oxygen atoms in total. The van der Waals surface area contributed by atoms with Crippen LogP contribution in [0.2, 0.25) is 0 Å². The maximum Gasteiger partial charge on any atom is 0.250 e. The van der Waals surface area contributed by atoms with Gasteiger partial charge >= 0.3 is 0 Å². The van der Waals surface area contributed by atoms with E-state index in [-0.39, 0.29) is 0 Å². The largest absolute Gasteiger partial charge is 0.385 e. The number of rotatable bonds is 6. The minimum absolute atomic E-state index is 0.422. The van der Waals surface area contributed by atoms with Crippen molar-refractivity contribution in [2.45, 2.75) is 18.4 Å². The Kier molecular flexibility index (Phi) is 5.36. The minimum Gasteiger partial charge on any atom is -0.385 e. The smallest absolute Gasteiger partial charge is 0.250 e. The zero-order valence-corrected chi connectivity index (χ0v) is 14.3. The van der Waals surface area contributed by atoms with Crippen molar-refractivity contribution in [3.05, 3.63) is 65.7 Å². The van der Waals surface area contributed by atoms with E-state index in [0.717, 1.165) is 50.3 Å². The Bertz CT molecular complexity index is 710. The van der Waals surface area contributed by atoms with Crippen LogP contribution in [-0.2, 0) is 5.60 Å². The Morgan fingerprint density at radius 1 is 1.08 bits per heavy atom. The van der Waals surface area contributed by atoms with Gasteiger partial charge in [-0.2, -0.15) is 0 Å². The van der Waals surface area contributed by atoms with Gasteiger partial charge in [-0.25, -0.2) is 0 Å². The number of nitrogens with zero attached hydrogens (tertiary/aromatic N) is 1. The van der Waals surface area contributed by atoms with Crippen molar-refractivity contribution in [2.24, 2.45) is 5.73 Å². The Balaban J connectivity index is 1.50. The van der Waals surface area contributed by atoms with Crippen molar-refractivity contribution in [1.82, 2.24) is 4.90 Å². The second-order valence-electron chi connectivity index (χ2n) is 6.58. The maximum atomic E-state index is 11.4. The molecular formula is C20H25N3O2. The third-order valence-electron chi connectivity index (χ3n) is 4.93. The van der Waals surface area contributed by atoms with E-state index in [1.807, 2.05) is 42.5 Å². The Hall–Kier alpha value is -2.37. The number of para-hydroxylation sites is 1. The number of hydrogen-bond donors (Lipinski definition) is 3. The molecule has 1 saturated heterocycles. The van der Waals surface area contributed by atoms with Crippen LogP contribution < -0.4 is 11.1 Å². The number of nitrogens with one attached hydrogen (secondary N) is 1. The van der Waals surface area contributed by atoms with Crippen LogP contribution in [0.15, 0.2) is 54.6 Å². The number of aliphatic hydroxyl groups is 1. The first-order chi connectivity index (χ1) is 12.1. The molecule has 132 valence electrons. The molecule has 2 aromatic carbocycles. The molecule has 1 fully saturated rings. The van der Waals surface area contributed by atoms with Gasteiger partial charge in [-0.3, -0.25) is 4.79 Å². The summed E-state index contributed by atoms with van der Waals surface area (Å²) in [5.74, 6) is -0.422. The van der Waals surface area contributed by atoms with Crippen LogP contribution in [0.5, 0.6) is 0 Å². The number of amides is 1. The van der Waals surface area contributed by atoms with E-state index in [1.54, 1.807) is 12.1 Å². The fourth-order valence-electron chi connectivity index (χ4n) is 3.38. The van der Waals surface area contributed by atoms with E-state index in [2.05, 4.69) is 10.2 Å². The third-order valence-corrected chi connectivity index (χ3v) is 4.93. The number of carbonyl (C=O) groups is 1. The van der Waals surface area contributed by atoms with E-state index in [4.69, 9.17) is 5.73 Å². The van der Waals surface area contributed by atoms with E-state index in [9.17, 15) is 9.90 Å². The van der Waals surface area contributed by atoms with Gasteiger partial charge in [0.15, 0.2) is 0 Å². The van der Waals surface area contributed by atoms with Crippen molar-refractivity contribution in [1.29, 1.82) is 0 Å². The highest BCUT2D eigenvalue weighted by molar-refractivity contribution is 5.98. The topological polar surface area (TPSA) is 78.6 Å². The molecule has 2 aromatic rings. The van der Waals surface area contributed by atoms with Crippen LogP contribution in [0.4, 0.5) is 5.69 Å². The fraction of sp³-hybridized carbons (Fsp3) is 0.350. The summed E-state index contributed by atoms with van der Waals surface area (Å²) in [5.41, 5.74) is 6.97. The molecule has 0 unspecified atom stereocenters. The minimum atomic E-state index is -0.718. The van der Waals surface area contributed by atoms with E-state index < -0.39 is 11.5 Å². The van der Waals surface area contributed by atoms with Crippen molar-refractivity contribution in [2.75, 3.05) is 31.5 Å².